The molecule has 1 aliphatic carbocycles. The molecule has 1 aromatic heterocycles. The molecule has 5 heteroatoms. The Hall–Kier alpha value is -2.69. The standard InChI is InChI=1S/C13H6O5/c14-5-6-4-8-11(16)10-7(2-1-3-9(10)15)12(17)13(8)18-6/h1-5,15H. The minimum atomic E-state index is -0.519. The fourth-order valence-electron chi connectivity index (χ4n) is 2.03. The van der Waals surface area contributed by atoms with Gasteiger partial charge in [-0.2, -0.15) is 0 Å². The van der Waals surface area contributed by atoms with Crippen LogP contribution in [0.2, 0.25) is 0 Å². The summed E-state index contributed by atoms with van der Waals surface area (Å²) in [6.07, 6.45) is 0.420. The van der Waals surface area contributed by atoms with Crippen LogP contribution in [0.15, 0.2) is 28.7 Å². The molecule has 1 heterocycles. The number of rotatable bonds is 1. The molecular weight excluding hydrogens is 236 g/mol. The Kier molecular flexibility index (Phi) is 1.98. The fraction of sp³-hybridized carbons (Fsp3) is 0. The van der Waals surface area contributed by atoms with E-state index < -0.39 is 11.6 Å². The zero-order chi connectivity index (χ0) is 12.9. The Morgan fingerprint density at radius 2 is 1.89 bits per heavy atom. The van der Waals surface area contributed by atoms with Crippen molar-refractivity contribution in [3.8, 4) is 5.75 Å². The zero-order valence-electron chi connectivity index (χ0n) is 8.97. The molecule has 2 aromatic rings. The summed E-state index contributed by atoms with van der Waals surface area (Å²) in [4.78, 5) is 34.8. The van der Waals surface area contributed by atoms with E-state index >= 15 is 0 Å². The van der Waals surface area contributed by atoms with Gasteiger partial charge in [0.1, 0.15) is 5.75 Å². The van der Waals surface area contributed by atoms with Gasteiger partial charge in [-0.05, 0) is 18.2 Å². The van der Waals surface area contributed by atoms with Gasteiger partial charge in [0, 0.05) is 5.56 Å². The summed E-state index contributed by atoms with van der Waals surface area (Å²) in [6, 6.07) is 5.43. The van der Waals surface area contributed by atoms with Crippen LogP contribution in [0.25, 0.3) is 0 Å². The lowest BCUT2D eigenvalue weighted by Gasteiger charge is -2.13. The van der Waals surface area contributed by atoms with Crippen LogP contribution in [0.1, 0.15) is 42.6 Å². The normalized spacial score (nSPS) is 13.1. The van der Waals surface area contributed by atoms with Crippen molar-refractivity contribution in [2.75, 3.05) is 0 Å². The van der Waals surface area contributed by atoms with Gasteiger partial charge in [0.05, 0.1) is 11.1 Å². The van der Waals surface area contributed by atoms with E-state index in [0.717, 1.165) is 0 Å². The maximum atomic E-state index is 12.1. The lowest BCUT2D eigenvalue weighted by atomic mass is 9.88. The molecule has 0 fully saturated rings. The average molecular weight is 242 g/mol. The third kappa shape index (κ3) is 1.18. The van der Waals surface area contributed by atoms with Crippen molar-refractivity contribution in [3.63, 3.8) is 0 Å². The Balaban J connectivity index is 2.33. The molecule has 1 aromatic carbocycles. The van der Waals surface area contributed by atoms with Gasteiger partial charge in [0.2, 0.25) is 11.6 Å². The molecule has 0 aliphatic heterocycles. The maximum absolute atomic E-state index is 12.1. The highest BCUT2D eigenvalue weighted by Crippen LogP contribution is 2.33. The fourth-order valence-corrected chi connectivity index (χ4v) is 2.03. The first kappa shape index (κ1) is 10.5. The van der Waals surface area contributed by atoms with Crippen LogP contribution in [0, 0.1) is 0 Å². The molecular formula is C13H6O5. The number of benzene rings is 1. The van der Waals surface area contributed by atoms with Crippen molar-refractivity contribution in [2.24, 2.45) is 0 Å². The van der Waals surface area contributed by atoms with E-state index in [1.807, 2.05) is 0 Å². The van der Waals surface area contributed by atoms with Crippen molar-refractivity contribution in [2.45, 2.75) is 0 Å². The largest absolute Gasteiger partial charge is 0.507 e. The number of aldehydes is 1. The summed E-state index contributed by atoms with van der Waals surface area (Å²) in [5, 5.41) is 9.66. The number of carbonyl (C=O) groups is 3. The zero-order valence-corrected chi connectivity index (χ0v) is 8.97. The van der Waals surface area contributed by atoms with E-state index in [1.165, 1.54) is 24.3 Å². The number of phenolic OH excluding ortho intramolecular Hbond substituents is 1. The highest BCUT2D eigenvalue weighted by molar-refractivity contribution is 6.28. The Morgan fingerprint density at radius 3 is 2.61 bits per heavy atom. The highest BCUT2D eigenvalue weighted by Gasteiger charge is 2.35. The first-order valence-corrected chi connectivity index (χ1v) is 5.14. The van der Waals surface area contributed by atoms with Crippen molar-refractivity contribution in [3.05, 3.63) is 52.5 Å². The summed E-state index contributed by atoms with van der Waals surface area (Å²) in [6.45, 7) is 0. The molecule has 1 N–H and O–H groups in total. The van der Waals surface area contributed by atoms with E-state index in [0.29, 0.717) is 6.29 Å². The van der Waals surface area contributed by atoms with Gasteiger partial charge in [-0.15, -0.1) is 0 Å². The minimum absolute atomic E-state index is 0.0103. The van der Waals surface area contributed by atoms with Gasteiger partial charge in [0.25, 0.3) is 0 Å². The summed E-state index contributed by atoms with van der Waals surface area (Å²) < 4.78 is 5.01. The number of fused-ring (bicyclic) bond motifs is 2. The van der Waals surface area contributed by atoms with Crippen LogP contribution in [0.4, 0.5) is 0 Å². The number of carbonyl (C=O) groups excluding carboxylic acids is 3. The van der Waals surface area contributed by atoms with Crippen molar-refractivity contribution in [1.29, 1.82) is 0 Å². The van der Waals surface area contributed by atoms with Crippen LogP contribution in [0.3, 0.4) is 0 Å². The second-order valence-corrected chi connectivity index (χ2v) is 3.87. The Bertz CT molecular complexity index is 708. The van der Waals surface area contributed by atoms with Gasteiger partial charge in [-0.25, -0.2) is 0 Å². The van der Waals surface area contributed by atoms with Crippen LogP contribution in [-0.2, 0) is 0 Å². The predicted molar refractivity (Wildman–Crippen MR) is 59.1 cm³/mol. The van der Waals surface area contributed by atoms with Crippen LogP contribution in [-0.4, -0.2) is 23.0 Å². The summed E-state index contributed by atoms with van der Waals surface area (Å²) in [5.41, 5.74) is 0.0450. The van der Waals surface area contributed by atoms with Crippen molar-refractivity contribution < 1.29 is 23.9 Å². The van der Waals surface area contributed by atoms with E-state index in [-0.39, 0.29) is 34.0 Å². The minimum Gasteiger partial charge on any atom is -0.507 e. The third-order valence-corrected chi connectivity index (χ3v) is 2.83. The maximum Gasteiger partial charge on any atom is 0.229 e. The smallest absolute Gasteiger partial charge is 0.229 e. The lowest BCUT2D eigenvalue weighted by molar-refractivity contribution is 0.0955. The monoisotopic (exact) mass is 242 g/mol. The average Bonchev–Trinajstić information content (AvgIpc) is 2.80. The number of hydrogen-bond donors (Lipinski definition) is 1. The van der Waals surface area contributed by atoms with E-state index in [9.17, 15) is 19.5 Å². The molecule has 18 heavy (non-hydrogen) atoms. The van der Waals surface area contributed by atoms with E-state index in [1.54, 1.807) is 0 Å². The lowest BCUT2D eigenvalue weighted by Crippen LogP contribution is -2.19. The molecule has 5 nitrogen and oxygen atoms in total. The SMILES string of the molecule is O=Cc1cc2c(o1)C(=O)c1cccc(O)c1C2=O. The molecule has 0 bridgehead atoms. The summed E-state index contributed by atoms with van der Waals surface area (Å²) in [5.74, 6) is -1.53. The number of aromatic hydroxyl groups is 1. The number of hydrogen-bond acceptors (Lipinski definition) is 5. The topological polar surface area (TPSA) is 84.6 Å². The van der Waals surface area contributed by atoms with Gasteiger partial charge >= 0.3 is 0 Å². The molecule has 1 aliphatic rings. The number of ketones is 2. The highest BCUT2D eigenvalue weighted by atomic mass is 16.4. The summed E-state index contributed by atoms with van der Waals surface area (Å²) in [7, 11) is 0. The molecule has 0 spiro atoms. The summed E-state index contributed by atoms with van der Waals surface area (Å²) >= 11 is 0. The molecule has 0 saturated heterocycles. The molecule has 3 rings (SSSR count). The first-order chi connectivity index (χ1) is 8.63. The van der Waals surface area contributed by atoms with Gasteiger partial charge in [-0.1, -0.05) is 6.07 Å². The van der Waals surface area contributed by atoms with Gasteiger partial charge in [-0.3, -0.25) is 14.4 Å². The first-order valence-electron chi connectivity index (χ1n) is 5.14. The van der Waals surface area contributed by atoms with Crippen molar-refractivity contribution >= 4 is 17.9 Å². The molecule has 0 unspecified atom stereocenters. The Labute approximate surface area is 101 Å². The third-order valence-electron chi connectivity index (χ3n) is 2.83. The molecule has 0 saturated carbocycles. The van der Waals surface area contributed by atoms with Crippen molar-refractivity contribution in [1.82, 2.24) is 0 Å². The van der Waals surface area contributed by atoms with Crippen LogP contribution in [0.5, 0.6) is 5.75 Å². The quantitative estimate of drug-likeness (QED) is 0.655. The molecule has 0 atom stereocenters. The van der Waals surface area contributed by atoms with E-state index in [2.05, 4.69) is 0 Å². The van der Waals surface area contributed by atoms with Crippen LogP contribution < -0.4 is 0 Å². The second kappa shape index (κ2) is 3.40. The van der Waals surface area contributed by atoms with Gasteiger partial charge in [0.15, 0.2) is 17.8 Å². The number of furan rings is 1. The molecule has 88 valence electrons. The van der Waals surface area contributed by atoms with Gasteiger partial charge < -0.3 is 9.52 Å². The number of phenols is 1. The molecule has 0 radical (unpaired) electrons. The Morgan fingerprint density at radius 1 is 1.11 bits per heavy atom. The second-order valence-electron chi connectivity index (χ2n) is 3.87. The van der Waals surface area contributed by atoms with Crippen LogP contribution >= 0.6 is 0 Å². The predicted octanol–water partition coefficient (Wildman–Crippen LogP) is 1.57. The van der Waals surface area contributed by atoms with E-state index in [4.69, 9.17) is 4.42 Å². The molecule has 0 amide bonds.